The zero-order chi connectivity index (χ0) is 11.8. The minimum Gasteiger partial charge on any atom is -0.379 e. The molecule has 88 valence electrons. The lowest BCUT2D eigenvalue weighted by Gasteiger charge is -2.11. The van der Waals surface area contributed by atoms with E-state index >= 15 is 0 Å². The molecule has 4 nitrogen and oxygen atoms in total. The molecule has 0 unspecified atom stereocenters. The van der Waals surface area contributed by atoms with Crippen LogP contribution in [0.3, 0.4) is 0 Å². The number of allylic oxidation sites excluding steroid dienone is 4. The maximum Gasteiger partial charge on any atom is 0.133 e. The predicted octanol–water partition coefficient (Wildman–Crippen LogP) is 2.05. The number of fused-ring (bicyclic) bond motifs is 2. The number of anilines is 1. The molecule has 0 bridgehead atoms. The minimum atomic E-state index is 0.812. The van der Waals surface area contributed by atoms with Crippen LogP contribution in [0.4, 0.5) is 5.82 Å². The highest BCUT2D eigenvalue weighted by Gasteiger charge is 2.17. The Morgan fingerprint density at radius 3 is 3.06 bits per heavy atom. The van der Waals surface area contributed by atoms with E-state index in [0.717, 1.165) is 30.2 Å². The summed E-state index contributed by atoms with van der Waals surface area (Å²) in [6.45, 7) is 2.96. The normalized spacial score (nSPS) is 18.4. The third-order valence-electron chi connectivity index (χ3n) is 3.19. The standard InChI is InChI=1S/C13H16N4/c1-9-3-5-11-12(6-4-9)16-13-10(7-14-11)8-15-17(13)2/h3,5-6,8,14,16H,4,7H2,1-2H3. The van der Waals surface area contributed by atoms with Crippen molar-refractivity contribution in [3.8, 4) is 0 Å². The summed E-state index contributed by atoms with van der Waals surface area (Å²) in [5, 5.41) is 11.2. The van der Waals surface area contributed by atoms with E-state index in [-0.39, 0.29) is 0 Å². The molecule has 0 saturated carbocycles. The molecule has 1 aromatic rings. The zero-order valence-electron chi connectivity index (χ0n) is 10.1. The fraction of sp³-hybridized carbons (Fsp3) is 0.308. The second-order valence-electron chi connectivity index (χ2n) is 4.54. The number of aryl methyl sites for hydroxylation is 1. The summed E-state index contributed by atoms with van der Waals surface area (Å²) in [6, 6.07) is 0. The predicted molar refractivity (Wildman–Crippen MR) is 68.2 cm³/mol. The van der Waals surface area contributed by atoms with Crippen molar-refractivity contribution < 1.29 is 0 Å². The Hall–Kier alpha value is -1.97. The van der Waals surface area contributed by atoms with E-state index in [4.69, 9.17) is 0 Å². The van der Waals surface area contributed by atoms with Gasteiger partial charge in [-0.3, -0.25) is 4.68 Å². The van der Waals surface area contributed by atoms with Gasteiger partial charge in [-0.05, 0) is 19.4 Å². The van der Waals surface area contributed by atoms with Crippen LogP contribution >= 0.6 is 0 Å². The van der Waals surface area contributed by atoms with Crippen LogP contribution < -0.4 is 10.6 Å². The summed E-state index contributed by atoms with van der Waals surface area (Å²) in [7, 11) is 1.96. The van der Waals surface area contributed by atoms with E-state index in [2.05, 4.69) is 40.9 Å². The van der Waals surface area contributed by atoms with Crippen molar-refractivity contribution >= 4 is 5.82 Å². The molecule has 0 atom stereocenters. The average Bonchev–Trinajstić information content (AvgIpc) is 2.51. The first-order valence-electron chi connectivity index (χ1n) is 5.84. The van der Waals surface area contributed by atoms with Crippen LogP contribution in [-0.4, -0.2) is 9.78 Å². The highest BCUT2D eigenvalue weighted by Crippen LogP contribution is 2.25. The summed E-state index contributed by atoms with van der Waals surface area (Å²) in [5.41, 5.74) is 4.86. The number of rotatable bonds is 0. The smallest absolute Gasteiger partial charge is 0.133 e. The molecule has 0 aromatic carbocycles. The molecule has 0 fully saturated rings. The highest BCUT2D eigenvalue weighted by molar-refractivity contribution is 5.56. The lowest BCUT2D eigenvalue weighted by Crippen LogP contribution is -2.14. The largest absolute Gasteiger partial charge is 0.379 e. The maximum atomic E-state index is 4.27. The van der Waals surface area contributed by atoms with Crippen molar-refractivity contribution in [2.75, 3.05) is 5.32 Å². The van der Waals surface area contributed by atoms with Gasteiger partial charge in [-0.15, -0.1) is 0 Å². The van der Waals surface area contributed by atoms with Gasteiger partial charge in [0.1, 0.15) is 5.82 Å². The second kappa shape index (κ2) is 3.80. The summed E-state index contributed by atoms with van der Waals surface area (Å²) in [4.78, 5) is 0. The first kappa shape index (κ1) is 10.2. The van der Waals surface area contributed by atoms with Crippen LogP contribution in [0.5, 0.6) is 0 Å². The van der Waals surface area contributed by atoms with Crippen molar-refractivity contribution in [2.45, 2.75) is 19.9 Å². The van der Waals surface area contributed by atoms with E-state index in [1.165, 1.54) is 11.1 Å². The van der Waals surface area contributed by atoms with E-state index in [1.807, 2.05) is 17.9 Å². The molecule has 1 aliphatic heterocycles. The van der Waals surface area contributed by atoms with Crippen molar-refractivity contribution in [2.24, 2.45) is 7.05 Å². The van der Waals surface area contributed by atoms with Gasteiger partial charge in [0.15, 0.2) is 0 Å². The Bertz CT molecular complexity index is 546. The van der Waals surface area contributed by atoms with Gasteiger partial charge in [0, 0.05) is 19.2 Å². The fourth-order valence-corrected chi connectivity index (χ4v) is 2.12. The molecular formula is C13H16N4. The van der Waals surface area contributed by atoms with Crippen molar-refractivity contribution in [3.05, 3.63) is 47.0 Å². The van der Waals surface area contributed by atoms with Gasteiger partial charge in [0.2, 0.25) is 0 Å². The minimum absolute atomic E-state index is 0.812. The van der Waals surface area contributed by atoms with Crippen LogP contribution in [0.2, 0.25) is 0 Å². The number of hydrogen-bond donors (Lipinski definition) is 2. The number of nitrogens with one attached hydrogen (secondary N) is 2. The van der Waals surface area contributed by atoms with E-state index in [0.29, 0.717) is 0 Å². The topological polar surface area (TPSA) is 41.9 Å². The molecule has 2 heterocycles. The molecule has 1 aliphatic carbocycles. The number of nitrogens with zero attached hydrogens (tertiary/aromatic N) is 2. The third-order valence-corrected chi connectivity index (χ3v) is 3.19. The lowest BCUT2D eigenvalue weighted by molar-refractivity contribution is 0.774. The summed E-state index contributed by atoms with van der Waals surface area (Å²) in [5.74, 6) is 1.08. The lowest BCUT2D eigenvalue weighted by atomic mass is 10.2. The van der Waals surface area contributed by atoms with Gasteiger partial charge in [-0.25, -0.2) is 0 Å². The van der Waals surface area contributed by atoms with Gasteiger partial charge >= 0.3 is 0 Å². The van der Waals surface area contributed by atoms with Gasteiger partial charge in [0.25, 0.3) is 0 Å². The SMILES string of the molecule is CC1=CC=C2NCc3cnn(C)c3NC2=CC1. The Labute approximate surface area is 101 Å². The molecule has 0 amide bonds. The molecule has 0 spiro atoms. The molecule has 17 heavy (non-hydrogen) atoms. The zero-order valence-corrected chi connectivity index (χ0v) is 10.1. The van der Waals surface area contributed by atoms with Gasteiger partial charge in [0.05, 0.1) is 17.6 Å². The number of aromatic nitrogens is 2. The highest BCUT2D eigenvalue weighted by atomic mass is 15.3. The Morgan fingerprint density at radius 1 is 1.29 bits per heavy atom. The first-order valence-corrected chi connectivity index (χ1v) is 5.84. The monoisotopic (exact) mass is 228 g/mol. The van der Waals surface area contributed by atoms with E-state index in [1.54, 1.807) is 0 Å². The summed E-state index contributed by atoms with van der Waals surface area (Å²) < 4.78 is 1.88. The molecule has 3 rings (SSSR count). The molecule has 4 heteroatoms. The molecule has 2 N–H and O–H groups in total. The Morgan fingerprint density at radius 2 is 2.18 bits per heavy atom. The maximum absolute atomic E-state index is 4.27. The summed E-state index contributed by atoms with van der Waals surface area (Å²) in [6.07, 6.45) is 9.42. The van der Waals surface area contributed by atoms with Crippen molar-refractivity contribution in [1.82, 2.24) is 15.1 Å². The molecular weight excluding hydrogens is 212 g/mol. The molecule has 0 saturated heterocycles. The molecule has 2 aliphatic rings. The van der Waals surface area contributed by atoms with Crippen LogP contribution in [0, 0.1) is 0 Å². The van der Waals surface area contributed by atoms with E-state index < -0.39 is 0 Å². The van der Waals surface area contributed by atoms with Crippen molar-refractivity contribution in [1.29, 1.82) is 0 Å². The van der Waals surface area contributed by atoms with Crippen LogP contribution in [-0.2, 0) is 13.6 Å². The van der Waals surface area contributed by atoms with Crippen molar-refractivity contribution in [3.63, 3.8) is 0 Å². The quantitative estimate of drug-likeness (QED) is 0.714. The first-order chi connectivity index (χ1) is 8.24. The Kier molecular flexibility index (Phi) is 2.28. The molecule has 1 aromatic heterocycles. The van der Waals surface area contributed by atoms with E-state index in [9.17, 15) is 0 Å². The van der Waals surface area contributed by atoms with Gasteiger partial charge in [-0.1, -0.05) is 17.7 Å². The third kappa shape index (κ3) is 1.75. The van der Waals surface area contributed by atoms with Crippen LogP contribution in [0.25, 0.3) is 0 Å². The number of hydrogen-bond acceptors (Lipinski definition) is 3. The van der Waals surface area contributed by atoms with Gasteiger partial charge < -0.3 is 10.6 Å². The van der Waals surface area contributed by atoms with Crippen LogP contribution in [0.1, 0.15) is 18.9 Å². The average molecular weight is 228 g/mol. The van der Waals surface area contributed by atoms with Crippen LogP contribution in [0.15, 0.2) is 41.4 Å². The van der Waals surface area contributed by atoms with Gasteiger partial charge in [-0.2, -0.15) is 5.10 Å². The Balaban J connectivity index is 2.02. The second-order valence-corrected chi connectivity index (χ2v) is 4.54. The fourth-order valence-electron chi connectivity index (χ4n) is 2.12. The summed E-state index contributed by atoms with van der Waals surface area (Å²) >= 11 is 0. The molecule has 0 radical (unpaired) electrons.